The zero-order valence-corrected chi connectivity index (χ0v) is 13.9. The van der Waals surface area contributed by atoms with E-state index in [2.05, 4.69) is 28.2 Å². The van der Waals surface area contributed by atoms with Crippen molar-refractivity contribution in [3.8, 4) is 0 Å². The predicted molar refractivity (Wildman–Crippen MR) is 98.8 cm³/mol. The van der Waals surface area contributed by atoms with Crippen molar-refractivity contribution in [1.29, 1.82) is 0 Å². The average Bonchev–Trinajstić information content (AvgIpc) is 2.61. The molecule has 2 aromatic rings. The summed E-state index contributed by atoms with van der Waals surface area (Å²) in [5.41, 5.74) is 8.96. The Kier molecular flexibility index (Phi) is 5.66. The molecule has 4 N–H and O–H groups in total. The minimum atomic E-state index is 0.676. The molecule has 0 atom stereocenters. The van der Waals surface area contributed by atoms with Crippen molar-refractivity contribution in [3.63, 3.8) is 0 Å². The highest BCUT2D eigenvalue weighted by molar-refractivity contribution is 8.00. The zero-order chi connectivity index (χ0) is 15.9. The van der Waals surface area contributed by atoms with Crippen molar-refractivity contribution in [2.45, 2.75) is 17.7 Å². The van der Waals surface area contributed by atoms with Crippen LogP contribution in [0.4, 0.5) is 17.1 Å². The number of benzene rings is 2. The quantitative estimate of drug-likeness (QED) is 0.547. The van der Waals surface area contributed by atoms with Crippen molar-refractivity contribution in [2.24, 2.45) is 5.92 Å². The van der Waals surface area contributed by atoms with Gasteiger partial charge in [-0.1, -0.05) is 18.2 Å². The molecule has 0 radical (unpaired) electrons. The third-order valence-corrected chi connectivity index (χ3v) is 4.85. The molecule has 0 saturated carbocycles. The van der Waals surface area contributed by atoms with E-state index in [-0.39, 0.29) is 0 Å². The van der Waals surface area contributed by atoms with E-state index in [0.29, 0.717) is 5.92 Å². The third-order valence-electron chi connectivity index (χ3n) is 4.00. The van der Waals surface area contributed by atoms with E-state index in [9.17, 15) is 0 Å². The van der Waals surface area contributed by atoms with Crippen LogP contribution < -0.4 is 15.8 Å². The fourth-order valence-electron chi connectivity index (χ4n) is 2.60. The monoisotopic (exact) mass is 329 g/mol. The highest BCUT2D eigenvalue weighted by Crippen LogP contribution is 2.27. The van der Waals surface area contributed by atoms with Crippen LogP contribution in [0.15, 0.2) is 53.4 Å². The van der Waals surface area contributed by atoms with Crippen LogP contribution >= 0.6 is 11.9 Å². The number of anilines is 3. The Labute approximate surface area is 141 Å². The molecule has 3 rings (SSSR count). The highest BCUT2D eigenvalue weighted by atomic mass is 32.2. The van der Waals surface area contributed by atoms with Gasteiger partial charge in [0.25, 0.3) is 0 Å². The molecule has 0 aromatic heterocycles. The number of ether oxygens (including phenoxy) is 1. The second-order valence-electron chi connectivity index (χ2n) is 5.76. The van der Waals surface area contributed by atoms with Crippen molar-refractivity contribution in [1.82, 2.24) is 0 Å². The topological polar surface area (TPSA) is 59.3 Å². The van der Waals surface area contributed by atoms with Crippen LogP contribution in [0.2, 0.25) is 0 Å². The molecule has 2 aromatic carbocycles. The van der Waals surface area contributed by atoms with Crippen molar-refractivity contribution in [2.75, 3.05) is 35.5 Å². The van der Waals surface area contributed by atoms with Gasteiger partial charge in [-0.2, -0.15) is 0 Å². The first-order valence-corrected chi connectivity index (χ1v) is 8.82. The van der Waals surface area contributed by atoms with E-state index in [1.165, 1.54) is 4.90 Å². The summed E-state index contributed by atoms with van der Waals surface area (Å²) in [6.07, 6.45) is 2.25. The molecule has 4 nitrogen and oxygen atoms in total. The summed E-state index contributed by atoms with van der Waals surface area (Å²) in [5, 5.41) is 3.47. The lowest BCUT2D eigenvalue weighted by molar-refractivity contribution is 0.0699. The van der Waals surface area contributed by atoms with Gasteiger partial charge in [-0.3, -0.25) is 0 Å². The van der Waals surface area contributed by atoms with Crippen LogP contribution in [0.25, 0.3) is 0 Å². The molecule has 1 heterocycles. The summed E-state index contributed by atoms with van der Waals surface area (Å²) in [6, 6.07) is 16.3. The number of hydrogen-bond acceptors (Lipinski definition) is 5. The van der Waals surface area contributed by atoms with Crippen molar-refractivity contribution < 1.29 is 4.74 Å². The first kappa shape index (κ1) is 16.0. The summed E-state index contributed by atoms with van der Waals surface area (Å²) >= 11 is 1.58. The molecule has 1 aliphatic heterocycles. The summed E-state index contributed by atoms with van der Waals surface area (Å²) in [6.45, 7) is 2.71. The summed E-state index contributed by atoms with van der Waals surface area (Å²) in [5.74, 6) is 0.676. The van der Waals surface area contributed by atoms with Gasteiger partial charge in [-0.15, -0.1) is 0 Å². The van der Waals surface area contributed by atoms with E-state index in [1.807, 2.05) is 30.3 Å². The number of nitrogen functional groups attached to an aromatic ring is 1. The van der Waals surface area contributed by atoms with E-state index in [0.717, 1.165) is 49.7 Å². The molecule has 0 spiro atoms. The molecule has 5 heteroatoms. The molecule has 0 unspecified atom stereocenters. The second kappa shape index (κ2) is 8.13. The lowest BCUT2D eigenvalue weighted by Gasteiger charge is -2.23. The van der Waals surface area contributed by atoms with E-state index in [4.69, 9.17) is 10.5 Å². The van der Waals surface area contributed by atoms with Gasteiger partial charge in [0.1, 0.15) is 0 Å². The molecular weight excluding hydrogens is 306 g/mol. The molecule has 0 aliphatic carbocycles. The van der Waals surface area contributed by atoms with E-state index < -0.39 is 0 Å². The number of hydrogen-bond donors (Lipinski definition) is 3. The Balaban J connectivity index is 1.52. The first-order valence-electron chi connectivity index (χ1n) is 8.00. The SMILES string of the molecule is Nc1cc(NSc2ccccc2)ccc1NCC1CCOCC1. The van der Waals surface area contributed by atoms with Gasteiger partial charge in [-0.25, -0.2) is 0 Å². The predicted octanol–water partition coefficient (Wildman–Crippen LogP) is 4.23. The van der Waals surface area contributed by atoms with Crippen molar-refractivity contribution in [3.05, 3.63) is 48.5 Å². The van der Waals surface area contributed by atoms with Gasteiger partial charge in [0.05, 0.1) is 11.4 Å². The molecule has 23 heavy (non-hydrogen) atoms. The lowest BCUT2D eigenvalue weighted by Crippen LogP contribution is -2.22. The number of nitrogens with one attached hydrogen (secondary N) is 2. The third kappa shape index (κ3) is 4.81. The van der Waals surface area contributed by atoms with E-state index in [1.54, 1.807) is 11.9 Å². The normalized spacial score (nSPS) is 15.3. The van der Waals surface area contributed by atoms with Gasteiger partial charge in [0.2, 0.25) is 0 Å². The molecule has 1 fully saturated rings. The standard InChI is InChI=1S/C18H23N3OS/c19-17-12-15(21-23-16-4-2-1-3-5-16)6-7-18(17)20-13-14-8-10-22-11-9-14/h1-7,12,14,20-21H,8-11,13,19H2. The van der Waals surface area contributed by atoms with Crippen LogP contribution in [-0.4, -0.2) is 19.8 Å². The Bertz CT molecular complexity index is 615. The fourth-order valence-corrected chi connectivity index (χ4v) is 3.25. The maximum Gasteiger partial charge on any atom is 0.0575 e. The van der Waals surface area contributed by atoms with Gasteiger partial charge in [-0.05, 0) is 61.0 Å². The zero-order valence-electron chi connectivity index (χ0n) is 13.1. The molecular formula is C18H23N3OS. The van der Waals surface area contributed by atoms with Gasteiger partial charge in [0.15, 0.2) is 0 Å². The van der Waals surface area contributed by atoms with Crippen LogP contribution in [0.5, 0.6) is 0 Å². The smallest absolute Gasteiger partial charge is 0.0575 e. The largest absolute Gasteiger partial charge is 0.397 e. The summed E-state index contributed by atoms with van der Waals surface area (Å²) in [7, 11) is 0. The lowest BCUT2D eigenvalue weighted by atomic mass is 10.0. The van der Waals surface area contributed by atoms with Gasteiger partial charge >= 0.3 is 0 Å². The minimum absolute atomic E-state index is 0.676. The van der Waals surface area contributed by atoms with Crippen LogP contribution in [0.1, 0.15) is 12.8 Å². The summed E-state index contributed by atoms with van der Waals surface area (Å²) < 4.78 is 8.72. The maximum atomic E-state index is 6.17. The van der Waals surface area contributed by atoms with E-state index >= 15 is 0 Å². The number of nitrogens with two attached hydrogens (primary N) is 1. The maximum absolute atomic E-state index is 6.17. The Morgan fingerprint density at radius 2 is 1.87 bits per heavy atom. The highest BCUT2D eigenvalue weighted by Gasteiger charge is 2.13. The first-order chi connectivity index (χ1) is 11.3. The Hall–Kier alpha value is -1.85. The second-order valence-corrected chi connectivity index (χ2v) is 6.64. The molecule has 0 bridgehead atoms. The fraction of sp³-hybridized carbons (Fsp3) is 0.333. The molecule has 122 valence electrons. The number of rotatable bonds is 6. The minimum Gasteiger partial charge on any atom is -0.397 e. The molecule has 1 aliphatic rings. The van der Waals surface area contributed by atoms with Gasteiger partial charge < -0.3 is 20.5 Å². The van der Waals surface area contributed by atoms with Crippen molar-refractivity contribution >= 4 is 29.0 Å². The molecule has 1 saturated heterocycles. The Morgan fingerprint density at radius 1 is 1.09 bits per heavy atom. The Morgan fingerprint density at radius 3 is 2.61 bits per heavy atom. The van der Waals surface area contributed by atoms with Gasteiger partial charge in [0, 0.05) is 30.3 Å². The van der Waals surface area contributed by atoms with Crippen LogP contribution in [-0.2, 0) is 4.74 Å². The summed E-state index contributed by atoms with van der Waals surface area (Å²) in [4.78, 5) is 1.17. The van der Waals surface area contributed by atoms with Crippen LogP contribution in [0, 0.1) is 5.92 Å². The average molecular weight is 329 g/mol. The molecule has 0 amide bonds. The van der Waals surface area contributed by atoms with Crippen LogP contribution in [0.3, 0.4) is 0 Å².